The molecule has 1 saturated carbocycles. The van der Waals surface area contributed by atoms with E-state index < -0.39 is 0 Å². The summed E-state index contributed by atoms with van der Waals surface area (Å²) in [5.41, 5.74) is 22.6. The average Bonchev–Trinajstić information content (AvgIpc) is 1.56. The van der Waals surface area contributed by atoms with Crippen LogP contribution in [-0.4, -0.2) is 22.2 Å². The average molecular weight is 1240 g/mol. The van der Waals surface area contributed by atoms with Crippen LogP contribution in [0.5, 0.6) is 0 Å². The van der Waals surface area contributed by atoms with Gasteiger partial charge in [0.15, 0.2) is 0 Å². The molecule has 1 fully saturated rings. The summed E-state index contributed by atoms with van der Waals surface area (Å²) in [6.45, 7) is 8.07. The number of aryl methyl sites for hydroxylation is 1. The minimum Gasteiger partial charge on any atom is -0.311 e. The normalized spacial score (nSPS) is 14.6. The number of fused-ring (bicyclic) bond motifs is 5. The minimum atomic E-state index is -0.0870. The first-order chi connectivity index (χ1) is 47.4. The lowest BCUT2D eigenvalue weighted by Gasteiger charge is -2.30. The first-order valence-electron chi connectivity index (χ1n) is 32.4. The van der Waals surface area contributed by atoms with E-state index in [4.69, 9.17) is 4.79 Å². The molecule has 0 aliphatic heterocycles. The van der Waals surface area contributed by atoms with Crippen LogP contribution in [0.15, 0.2) is 352 Å². The number of benzene rings is 12. The molecule has 12 aromatic carbocycles. The SMILES string of the molecule is C=C/C=C\c1cc2cc(N(c3ccccc3)c3ccc(N(c4ccccc4)c4ccc(C56C=CC(N(c7ccccc7)c7ccc(N(c8ccccc8)c8ccc9c(c8)c8ccccc8n9-c8ccc(C)cc8)cc7)=CC5C6)cc4)cc3)ccc2n1-c1ccc(C=O)cc1.C=O. The lowest BCUT2D eigenvalue weighted by Crippen LogP contribution is -2.19. The number of hydrogen-bond acceptors (Lipinski definition) is 6. The highest BCUT2D eigenvalue weighted by atomic mass is 16.1. The maximum atomic E-state index is 11.6. The number of carbonyl (C=O) groups is 2. The van der Waals surface area contributed by atoms with Crippen molar-refractivity contribution in [1.29, 1.82) is 0 Å². The molecule has 2 atom stereocenters. The molecule has 14 aromatic rings. The Labute approximate surface area is 560 Å². The van der Waals surface area contributed by atoms with Gasteiger partial charge in [0.05, 0.1) is 16.6 Å². The van der Waals surface area contributed by atoms with Crippen LogP contribution in [0.3, 0.4) is 0 Å². The first-order valence-corrected chi connectivity index (χ1v) is 32.4. The van der Waals surface area contributed by atoms with Crippen LogP contribution in [0.25, 0.3) is 50.2 Å². The van der Waals surface area contributed by atoms with E-state index in [2.05, 4.69) is 352 Å². The van der Waals surface area contributed by atoms with Gasteiger partial charge in [-0.2, -0.15) is 0 Å². The van der Waals surface area contributed by atoms with Gasteiger partial charge in [-0.1, -0.05) is 152 Å². The van der Waals surface area contributed by atoms with Crippen molar-refractivity contribution in [1.82, 2.24) is 9.13 Å². The van der Waals surface area contributed by atoms with Crippen molar-refractivity contribution in [3.8, 4) is 11.4 Å². The smallest absolute Gasteiger partial charge is 0.150 e. The van der Waals surface area contributed by atoms with Crippen molar-refractivity contribution < 1.29 is 9.59 Å². The number of nitrogens with zero attached hydrogens (tertiary/aromatic N) is 6. The second-order valence-corrected chi connectivity index (χ2v) is 24.4. The topological polar surface area (TPSA) is 57.0 Å². The third kappa shape index (κ3) is 11.2. The van der Waals surface area contributed by atoms with Crippen molar-refractivity contribution in [3.63, 3.8) is 0 Å². The quantitative estimate of drug-likeness (QED) is 0.0630. The molecule has 16 rings (SSSR count). The van der Waals surface area contributed by atoms with Crippen molar-refractivity contribution >= 4 is 114 Å². The molecule has 2 aliphatic carbocycles. The zero-order chi connectivity index (χ0) is 65.1. The molecule has 0 saturated heterocycles. The van der Waals surface area contributed by atoms with E-state index in [0.29, 0.717) is 11.5 Å². The number of hydrogen-bond donors (Lipinski definition) is 0. The molecule has 2 aromatic heterocycles. The molecule has 0 N–H and O–H groups in total. The van der Waals surface area contributed by atoms with Crippen LogP contribution in [-0.2, 0) is 10.2 Å². The van der Waals surface area contributed by atoms with E-state index in [1.54, 1.807) is 6.08 Å². The van der Waals surface area contributed by atoms with Gasteiger partial charge >= 0.3 is 0 Å². The van der Waals surface area contributed by atoms with Gasteiger partial charge in [0.1, 0.15) is 13.1 Å². The summed E-state index contributed by atoms with van der Waals surface area (Å²) in [6.07, 6.45) is 15.0. The molecule has 2 aliphatic rings. The number of para-hydroxylation sites is 5. The Morgan fingerprint density at radius 2 is 0.844 bits per heavy atom. The van der Waals surface area contributed by atoms with Crippen molar-refractivity contribution in [3.05, 3.63) is 374 Å². The number of carbonyl (C=O) groups excluding carboxylic acids is 2. The third-order valence-corrected chi connectivity index (χ3v) is 18.7. The number of aldehydes is 1. The van der Waals surface area contributed by atoms with Crippen LogP contribution >= 0.6 is 0 Å². The minimum absolute atomic E-state index is 0.0870. The predicted molar refractivity (Wildman–Crippen MR) is 400 cm³/mol. The van der Waals surface area contributed by atoms with E-state index in [1.165, 1.54) is 32.9 Å². The molecule has 0 amide bonds. The van der Waals surface area contributed by atoms with Gasteiger partial charge in [0, 0.05) is 112 Å². The summed E-state index contributed by atoms with van der Waals surface area (Å²) < 4.78 is 4.60. The summed E-state index contributed by atoms with van der Waals surface area (Å²) in [4.78, 5) is 29.0. The predicted octanol–water partition coefficient (Wildman–Crippen LogP) is 22.8. The summed E-state index contributed by atoms with van der Waals surface area (Å²) in [6, 6.07) is 111. The van der Waals surface area contributed by atoms with Crippen LogP contribution in [0.1, 0.15) is 33.6 Å². The highest BCUT2D eigenvalue weighted by molar-refractivity contribution is 6.11. The highest BCUT2D eigenvalue weighted by Gasteiger charge is 2.54. The van der Waals surface area contributed by atoms with Gasteiger partial charge in [-0.3, -0.25) is 4.79 Å². The lowest BCUT2D eigenvalue weighted by molar-refractivity contribution is -0.0980. The maximum absolute atomic E-state index is 11.6. The van der Waals surface area contributed by atoms with Crippen LogP contribution in [0.2, 0.25) is 0 Å². The molecule has 0 bridgehead atoms. The Bertz CT molecular complexity index is 5220. The second kappa shape index (κ2) is 25.9. The Kier molecular flexibility index (Phi) is 16.1. The summed E-state index contributed by atoms with van der Waals surface area (Å²) in [5, 5.41) is 3.52. The third-order valence-electron chi connectivity index (χ3n) is 18.7. The molecule has 462 valence electrons. The fourth-order valence-electron chi connectivity index (χ4n) is 14.0. The van der Waals surface area contributed by atoms with Crippen molar-refractivity contribution in [2.75, 3.05) is 19.6 Å². The van der Waals surface area contributed by atoms with Gasteiger partial charge in [-0.15, -0.1) is 0 Å². The van der Waals surface area contributed by atoms with E-state index >= 15 is 0 Å². The van der Waals surface area contributed by atoms with E-state index in [-0.39, 0.29) is 5.41 Å². The van der Waals surface area contributed by atoms with Gasteiger partial charge in [-0.25, -0.2) is 0 Å². The Balaban J connectivity index is 0.00000375. The summed E-state index contributed by atoms with van der Waals surface area (Å²) in [7, 11) is 0. The number of aromatic nitrogens is 2. The lowest BCUT2D eigenvalue weighted by atomic mass is 9.89. The molecule has 96 heavy (non-hydrogen) atoms. The maximum Gasteiger partial charge on any atom is 0.150 e. The van der Waals surface area contributed by atoms with Gasteiger partial charge < -0.3 is 33.5 Å². The van der Waals surface area contributed by atoms with Crippen molar-refractivity contribution in [2.24, 2.45) is 5.92 Å². The molecule has 0 radical (unpaired) electrons. The second-order valence-electron chi connectivity index (χ2n) is 24.4. The Morgan fingerprint density at radius 3 is 1.38 bits per heavy atom. The van der Waals surface area contributed by atoms with E-state index in [9.17, 15) is 4.79 Å². The van der Waals surface area contributed by atoms with Crippen LogP contribution in [0, 0.1) is 12.8 Å². The fourth-order valence-corrected chi connectivity index (χ4v) is 14.0. The van der Waals surface area contributed by atoms with Crippen molar-refractivity contribution in [2.45, 2.75) is 18.8 Å². The largest absolute Gasteiger partial charge is 0.311 e. The van der Waals surface area contributed by atoms with Gasteiger partial charge in [-0.05, 0) is 231 Å². The molecule has 2 unspecified atom stereocenters. The first kappa shape index (κ1) is 59.8. The van der Waals surface area contributed by atoms with E-state index in [0.717, 1.165) is 109 Å². The van der Waals surface area contributed by atoms with Gasteiger partial charge in [0.2, 0.25) is 0 Å². The molecule has 0 spiro atoms. The molecular weight excluding hydrogens is 1170 g/mol. The number of rotatable bonds is 18. The Hall–Kier alpha value is -12.5. The standard InChI is InChI=1S/C87H66N6O.CH2O/c1-3-4-19-78-56-64-57-79(50-52-84(64)92(78)76-38-32-63(61-94)33-39-76)89(68-22-11-6-12-23-68)73-44-42-72(43-45-73)88(67-20-9-5-10-21-67)71-40-34-65(35-41-71)87-55-54-81(58-66(87)60-87)91(70-26-15-8-16-27-70)75-48-46-74(47-49-75)90(69-24-13-7-14-25-69)80-51-53-86-83(59-80)82-28-17-18-29-85(82)93(86)77-36-30-62(2)31-37-77;1-2/h3-59,61,66H,1,60H2,2H3;1H2/b19-4-;. The molecule has 8 heteroatoms. The highest BCUT2D eigenvalue weighted by Crippen LogP contribution is 2.59. The zero-order valence-corrected chi connectivity index (χ0v) is 53.2. The fraction of sp³-hybridized carbons (Fsp3) is 0.0455. The van der Waals surface area contributed by atoms with Crippen LogP contribution < -0.4 is 19.6 Å². The summed E-state index contributed by atoms with van der Waals surface area (Å²) >= 11 is 0. The number of allylic oxidation sites excluding steroid dienone is 5. The van der Waals surface area contributed by atoms with E-state index in [1.807, 2.05) is 37.1 Å². The van der Waals surface area contributed by atoms with Crippen LogP contribution in [0.4, 0.5) is 62.6 Å². The molecule has 2 heterocycles. The monoisotopic (exact) mass is 1240 g/mol. The molecular formula is C88H68N6O2. The zero-order valence-electron chi connectivity index (χ0n) is 53.2. The summed E-state index contributed by atoms with van der Waals surface area (Å²) in [5.74, 6) is 0.341. The van der Waals surface area contributed by atoms with Gasteiger partial charge in [0.25, 0.3) is 0 Å². The molecule has 8 nitrogen and oxygen atoms in total. The Morgan fingerprint density at radius 1 is 0.417 bits per heavy atom. The number of anilines is 11.